The predicted molar refractivity (Wildman–Crippen MR) is 271 cm³/mol. The Labute approximate surface area is 372 Å². The molecule has 1 heterocycles. The van der Waals surface area contributed by atoms with Crippen molar-refractivity contribution >= 4 is 60.5 Å². The van der Waals surface area contributed by atoms with Gasteiger partial charge in [0, 0.05) is 33.4 Å². The Morgan fingerprint density at radius 2 is 0.719 bits per heavy atom. The van der Waals surface area contributed by atoms with E-state index in [9.17, 15) is 0 Å². The second-order valence-electron chi connectivity index (χ2n) is 16.5. The van der Waals surface area contributed by atoms with E-state index in [4.69, 9.17) is 4.42 Å². The smallest absolute Gasteiger partial charge is 0.143 e. The van der Waals surface area contributed by atoms with Crippen molar-refractivity contribution in [1.29, 1.82) is 0 Å². The van der Waals surface area contributed by atoms with Gasteiger partial charge in [0.05, 0.1) is 0 Å². The molecule has 0 saturated heterocycles. The summed E-state index contributed by atoms with van der Waals surface area (Å²) in [5, 5.41) is 7.28. The van der Waals surface area contributed by atoms with Crippen LogP contribution in [0.25, 0.3) is 99.1 Å². The van der Waals surface area contributed by atoms with Crippen molar-refractivity contribution in [1.82, 2.24) is 0 Å². The summed E-state index contributed by atoms with van der Waals surface area (Å²) in [5.41, 5.74) is 16.8. The molecule has 0 amide bonds. The van der Waals surface area contributed by atoms with E-state index in [1.165, 1.54) is 60.5 Å². The molecule has 12 aromatic rings. The van der Waals surface area contributed by atoms with Crippen LogP contribution in [0.4, 0.5) is 17.1 Å². The lowest BCUT2D eigenvalue weighted by molar-refractivity contribution is 0.670. The lowest BCUT2D eigenvalue weighted by Crippen LogP contribution is -2.10. The number of hydrogen-bond acceptors (Lipinski definition) is 2. The van der Waals surface area contributed by atoms with E-state index >= 15 is 0 Å². The fourth-order valence-corrected chi connectivity index (χ4v) is 9.38. The molecule has 64 heavy (non-hydrogen) atoms. The standard InChI is InChI=1S/C62H41NO/c1-2-12-50-40-52(31-28-42(50)10-1)46-32-36-53(37-33-46)63(54-38-34-49(35-39-54)58-19-9-20-60-59-17-5-6-21-61(59)64-62(58)60)55-15-7-14-51(41-55)45-24-22-43(23-25-45)44-26-29-48(30-27-44)57-18-8-13-47-11-3-4-16-56(47)57/h1-41H. The van der Waals surface area contributed by atoms with E-state index in [1.807, 2.05) is 12.1 Å². The van der Waals surface area contributed by atoms with Gasteiger partial charge in [-0.25, -0.2) is 0 Å². The number of fused-ring (bicyclic) bond motifs is 5. The number of anilines is 3. The normalized spacial score (nSPS) is 11.4. The number of para-hydroxylation sites is 2. The largest absolute Gasteiger partial charge is 0.455 e. The number of nitrogens with zero attached hydrogens (tertiary/aromatic N) is 1. The van der Waals surface area contributed by atoms with Crippen molar-refractivity contribution in [2.75, 3.05) is 4.90 Å². The number of benzene rings is 11. The second kappa shape index (κ2) is 15.8. The van der Waals surface area contributed by atoms with Crippen LogP contribution in [-0.2, 0) is 0 Å². The Morgan fingerprint density at radius 3 is 1.45 bits per heavy atom. The zero-order chi connectivity index (χ0) is 42.4. The van der Waals surface area contributed by atoms with Crippen molar-refractivity contribution in [2.24, 2.45) is 0 Å². The first-order valence-corrected chi connectivity index (χ1v) is 21.9. The summed E-state index contributed by atoms with van der Waals surface area (Å²) in [5.74, 6) is 0. The van der Waals surface area contributed by atoms with E-state index in [1.54, 1.807) is 0 Å². The van der Waals surface area contributed by atoms with Gasteiger partial charge in [-0.3, -0.25) is 0 Å². The highest BCUT2D eigenvalue weighted by Crippen LogP contribution is 2.41. The van der Waals surface area contributed by atoms with Crippen molar-refractivity contribution in [3.8, 4) is 55.6 Å². The SMILES string of the molecule is c1cc(-c2ccc(-c3ccc(-c4cccc5ccccc45)cc3)cc2)cc(N(c2ccc(-c3ccc4ccccc4c3)cc2)c2ccc(-c3cccc4c3oc3ccccc34)cc2)c1. The van der Waals surface area contributed by atoms with Crippen LogP contribution in [0.2, 0.25) is 0 Å². The van der Waals surface area contributed by atoms with Gasteiger partial charge in [-0.05, 0) is 120 Å². The lowest BCUT2D eigenvalue weighted by atomic mass is 9.95. The quantitative estimate of drug-likeness (QED) is 0.152. The number of hydrogen-bond donors (Lipinski definition) is 0. The molecule has 2 nitrogen and oxygen atoms in total. The highest BCUT2D eigenvalue weighted by Gasteiger charge is 2.17. The van der Waals surface area contributed by atoms with E-state index in [2.05, 4.69) is 241 Å². The van der Waals surface area contributed by atoms with Gasteiger partial charge in [0.25, 0.3) is 0 Å². The van der Waals surface area contributed by atoms with Crippen LogP contribution >= 0.6 is 0 Å². The number of rotatable bonds is 8. The minimum absolute atomic E-state index is 0.904. The van der Waals surface area contributed by atoms with E-state index in [-0.39, 0.29) is 0 Å². The Kier molecular flexibility index (Phi) is 9.20. The molecule has 0 radical (unpaired) electrons. The molecule has 0 saturated carbocycles. The fourth-order valence-electron chi connectivity index (χ4n) is 9.38. The zero-order valence-electron chi connectivity index (χ0n) is 35.0. The van der Waals surface area contributed by atoms with Crippen LogP contribution in [0.1, 0.15) is 0 Å². The molecule has 12 rings (SSSR count). The molecule has 0 aliphatic heterocycles. The average Bonchev–Trinajstić information content (AvgIpc) is 3.76. The molecular weight excluding hydrogens is 775 g/mol. The topological polar surface area (TPSA) is 16.4 Å². The summed E-state index contributed by atoms with van der Waals surface area (Å²) in [6.07, 6.45) is 0. The monoisotopic (exact) mass is 815 g/mol. The first kappa shape index (κ1) is 37.3. The molecule has 300 valence electrons. The van der Waals surface area contributed by atoms with Gasteiger partial charge >= 0.3 is 0 Å². The summed E-state index contributed by atoms with van der Waals surface area (Å²) in [6.45, 7) is 0. The molecule has 0 bridgehead atoms. The molecule has 0 fully saturated rings. The zero-order valence-corrected chi connectivity index (χ0v) is 35.0. The van der Waals surface area contributed by atoms with Gasteiger partial charge in [0.1, 0.15) is 11.2 Å². The second-order valence-corrected chi connectivity index (χ2v) is 16.5. The van der Waals surface area contributed by atoms with E-state index in [0.29, 0.717) is 0 Å². The van der Waals surface area contributed by atoms with Gasteiger partial charge in [0.2, 0.25) is 0 Å². The highest BCUT2D eigenvalue weighted by molar-refractivity contribution is 6.09. The van der Waals surface area contributed by atoms with Crippen LogP contribution in [0, 0.1) is 0 Å². The summed E-state index contributed by atoms with van der Waals surface area (Å²) in [4.78, 5) is 2.35. The molecule has 0 atom stereocenters. The molecule has 0 spiro atoms. The molecule has 0 aliphatic carbocycles. The minimum Gasteiger partial charge on any atom is -0.455 e. The Balaban J connectivity index is 0.882. The summed E-state index contributed by atoms with van der Waals surface area (Å²) in [6, 6.07) is 89.6. The highest BCUT2D eigenvalue weighted by atomic mass is 16.3. The van der Waals surface area contributed by atoms with E-state index in [0.717, 1.165) is 55.7 Å². The molecule has 2 heteroatoms. The molecule has 0 N–H and O–H groups in total. The van der Waals surface area contributed by atoms with Crippen LogP contribution < -0.4 is 4.90 Å². The third-order valence-electron chi connectivity index (χ3n) is 12.7. The Bertz CT molecular complexity index is 3630. The third kappa shape index (κ3) is 6.79. The molecule has 0 aliphatic rings. The van der Waals surface area contributed by atoms with Gasteiger partial charge < -0.3 is 9.32 Å². The Hall–Kier alpha value is -8.46. The first-order chi connectivity index (χ1) is 31.7. The maximum Gasteiger partial charge on any atom is 0.143 e. The van der Waals surface area contributed by atoms with Gasteiger partial charge in [0.15, 0.2) is 0 Å². The maximum absolute atomic E-state index is 6.44. The fraction of sp³-hybridized carbons (Fsp3) is 0. The van der Waals surface area contributed by atoms with Crippen molar-refractivity contribution < 1.29 is 4.42 Å². The predicted octanol–water partition coefficient (Wildman–Crippen LogP) is 17.7. The van der Waals surface area contributed by atoms with Crippen LogP contribution in [0.15, 0.2) is 253 Å². The lowest BCUT2D eigenvalue weighted by Gasteiger charge is -2.26. The van der Waals surface area contributed by atoms with Crippen LogP contribution in [0.3, 0.4) is 0 Å². The first-order valence-electron chi connectivity index (χ1n) is 21.9. The maximum atomic E-state index is 6.44. The Morgan fingerprint density at radius 1 is 0.250 bits per heavy atom. The molecule has 1 aromatic heterocycles. The summed E-state index contributed by atoms with van der Waals surface area (Å²) < 4.78 is 6.44. The van der Waals surface area contributed by atoms with Crippen LogP contribution in [-0.4, -0.2) is 0 Å². The third-order valence-corrected chi connectivity index (χ3v) is 12.7. The summed E-state index contributed by atoms with van der Waals surface area (Å²) in [7, 11) is 0. The van der Waals surface area contributed by atoms with E-state index < -0.39 is 0 Å². The van der Waals surface area contributed by atoms with Gasteiger partial charge in [-0.1, -0.05) is 200 Å². The van der Waals surface area contributed by atoms with Gasteiger partial charge in [-0.15, -0.1) is 0 Å². The minimum atomic E-state index is 0.904. The van der Waals surface area contributed by atoms with Crippen molar-refractivity contribution in [2.45, 2.75) is 0 Å². The van der Waals surface area contributed by atoms with Crippen molar-refractivity contribution in [3.63, 3.8) is 0 Å². The summed E-state index contributed by atoms with van der Waals surface area (Å²) >= 11 is 0. The molecule has 0 unspecified atom stereocenters. The molecule has 11 aromatic carbocycles. The van der Waals surface area contributed by atoms with Crippen molar-refractivity contribution in [3.05, 3.63) is 249 Å². The average molecular weight is 816 g/mol. The van der Waals surface area contributed by atoms with Crippen LogP contribution in [0.5, 0.6) is 0 Å². The molecular formula is C62H41NO. The van der Waals surface area contributed by atoms with Gasteiger partial charge in [-0.2, -0.15) is 0 Å². The number of furan rings is 1.